The van der Waals surface area contributed by atoms with E-state index in [9.17, 15) is 4.39 Å². The van der Waals surface area contributed by atoms with Gasteiger partial charge in [-0.3, -0.25) is 4.98 Å². The smallest absolute Gasteiger partial charge is 0.127 e. The van der Waals surface area contributed by atoms with Crippen molar-refractivity contribution in [3.63, 3.8) is 0 Å². The van der Waals surface area contributed by atoms with Gasteiger partial charge < -0.3 is 5.32 Å². The van der Waals surface area contributed by atoms with Gasteiger partial charge in [-0.25, -0.2) is 4.39 Å². The van der Waals surface area contributed by atoms with E-state index in [0.717, 1.165) is 5.56 Å². The summed E-state index contributed by atoms with van der Waals surface area (Å²) in [4.78, 5) is 3.96. The molecule has 2 rings (SSSR count). The van der Waals surface area contributed by atoms with Crippen LogP contribution >= 0.6 is 0 Å². The minimum absolute atomic E-state index is 0.00985. The lowest BCUT2D eigenvalue weighted by atomic mass is 10.1. The van der Waals surface area contributed by atoms with Crippen molar-refractivity contribution < 1.29 is 4.39 Å². The molecule has 1 N–H and O–H groups in total. The number of benzene rings is 1. The van der Waals surface area contributed by atoms with E-state index in [4.69, 9.17) is 0 Å². The number of pyridine rings is 1. The zero-order valence-corrected chi connectivity index (χ0v) is 9.73. The normalized spacial score (nSPS) is 12.4. The topological polar surface area (TPSA) is 24.9 Å². The van der Waals surface area contributed by atoms with Crippen molar-refractivity contribution in [3.8, 4) is 0 Å². The number of rotatable bonds is 4. The fraction of sp³-hybridized carbons (Fsp3) is 0.214. The lowest BCUT2D eigenvalue weighted by Gasteiger charge is -2.14. The van der Waals surface area contributed by atoms with Crippen LogP contribution in [0.2, 0.25) is 0 Å². The Morgan fingerprint density at radius 2 is 1.88 bits per heavy atom. The average molecular weight is 230 g/mol. The van der Waals surface area contributed by atoms with E-state index in [-0.39, 0.29) is 11.9 Å². The molecule has 88 valence electrons. The van der Waals surface area contributed by atoms with Crippen molar-refractivity contribution in [2.45, 2.75) is 19.5 Å². The molecule has 17 heavy (non-hydrogen) atoms. The van der Waals surface area contributed by atoms with Crippen LogP contribution in [-0.4, -0.2) is 4.98 Å². The Morgan fingerprint density at radius 1 is 1.18 bits per heavy atom. The molecular formula is C14H15FN2. The Morgan fingerprint density at radius 3 is 2.59 bits per heavy atom. The van der Waals surface area contributed by atoms with Crippen LogP contribution in [0.25, 0.3) is 0 Å². The molecule has 3 heteroatoms. The molecule has 1 aromatic heterocycles. The molecule has 1 atom stereocenters. The van der Waals surface area contributed by atoms with E-state index in [0.29, 0.717) is 12.1 Å². The van der Waals surface area contributed by atoms with Gasteiger partial charge in [-0.15, -0.1) is 0 Å². The van der Waals surface area contributed by atoms with Crippen molar-refractivity contribution in [3.05, 3.63) is 65.7 Å². The molecule has 0 bridgehead atoms. The first-order valence-electron chi connectivity index (χ1n) is 5.64. The molecule has 0 aliphatic rings. The summed E-state index contributed by atoms with van der Waals surface area (Å²) in [5.41, 5.74) is 1.84. The van der Waals surface area contributed by atoms with Gasteiger partial charge in [0.15, 0.2) is 0 Å². The molecule has 0 aliphatic carbocycles. The second-order valence-corrected chi connectivity index (χ2v) is 3.98. The zero-order valence-electron chi connectivity index (χ0n) is 9.73. The molecule has 0 spiro atoms. The van der Waals surface area contributed by atoms with Crippen LogP contribution in [0.15, 0.2) is 48.8 Å². The van der Waals surface area contributed by atoms with Crippen LogP contribution in [0.1, 0.15) is 24.1 Å². The maximum absolute atomic E-state index is 13.5. The van der Waals surface area contributed by atoms with Gasteiger partial charge in [0.05, 0.1) is 0 Å². The van der Waals surface area contributed by atoms with Crippen molar-refractivity contribution in [1.82, 2.24) is 10.3 Å². The minimum atomic E-state index is -0.165. The van der Waals surface area contributed by atoms with Crippen LogP contribution in [0.3, 0.4) is 0 Å². The van der Waals surface area contributed by atoms with E-state index in [1.54, 1.807) is 24.5 Å². The predicted molar refractivity (Wildman–Crippen MR) is 65.9 cm³/mol. The van der Waals surface area contributed by atoms with Gasteiger partial charge in [0.2, 0.25) is 0 Å². The highest BCUT2D eigenvalue weighted by Gasteiger charge is 2.08. The van der Waals surface area contributed by atoms with Gasteiger partial charge in [-0.1, -0.05) is 18.2 Å². The van der Waals surface area contributed by atoms with Crippen LogP contribution in [0.4, 0.5) is 4.39 Å². The Labute approximate surface area is 101 Å². The molecule has 0 radical (unpaired) electrons. The van der Waals surface area contributed by atoms with Crippen molar-refractivity contribution in [1.29, 1.82) is 0 Å². The highest BCUT2D eigenvalue weighted by Crippen LogP contribution is 2.16. The van der Waals surface area contributed by atoms with Crippen molar-refractivity contribution >= 4 is 0 Å². The fourth-order valence-electron chi connectivity index (χ4n) is 1.71. The van der Waals surface area contributed by atoms with E-state index in [2.05, 4.69) is 10.3 Å². The molecule has 2 aromatic rings. The molecule has 0 saturated heterocycles. The fourth-order valence-corrected chi connectivity index (χ4v) is 1.71. The number of aromatic nitrogens is 1. The van der Waals surface area contributed by atoms with Crippen molar-refractivity contribution in [2.75, 3.05) is 0 Å². The first-order chi connectivity index (χ1) is 8.27. The molecule has 0 fully saturated rings. The summed E-state index contributed by atoms with van der Waals surface area (Å²) in [6.07, 6.45) is 3.51. The third-order valence-corrected chi connectivity index (χ3v) is 2.73. The zero-order chi connectivity index (χ0) is 12.1. The van der Waals surface area contributed by atoms with Gasteiger partial charge in [0.1, 0.15) is 5.82 Å². The molecule has 0 aliphatic heterocycles. The summed E-state index contributed by atoms with van der Waals surface area (Å²) in [5.74, 6) is -0.165. The lowest BCUT2D eigenvalue weighted by molar-refractivity contribution is 0.528. The third kappa shape index (κ3) is 3.11. The highest BCUT2D eigenvalue weighted by molar-refractivity contribution is 5.21. The third-order valence-electron chi connectivity index (χ3n) is 2.73. The summed E-state index contributed by atoms with van der Waals surface area (Å²) in [6, 6.07) is 10.7. The van der Waals surface area contributed by atoms with Crippen LogP contribution < -0.4 is 5.32 Å². The van der Waals surface area contributed by atoms with Gasteiger partial charge in [0.25, 0.3) is 0 Å². The second-order valence-electron chi connectivity index (χ2n) is 3.98. The molecule has 1 heterocycles. The molecular weight excluding hydrogens is 215 g/mol. The first-order valence-corrected chi connectivity index (χ1v) is 5.64. The summed E-state index contributed by atoms with van der Waals surface area (Å²) < 4.78 is 13.5. The summed E-state index contributed by atoms with van der Waals surface area (Å²) in [7, 11) is 0. The maximum Gasteiger partial charge on any atom is 0.127 e. The van der Waals surface area contributed by atoms with Crippen LogP contribution in [0, 0.1) is 5.82 Å². The first kappa shape index (κ1) is 11.7. The van der Waals surface area contributed by atoms with Gasteiger partial charge in [-0.05, 0) is 30.7 Å². The predicted octanol–water partition coefficient (Wildman–Crippen LogP) is 3.07. The minimum Gasteiger partial charge on any atom is -0.306 e. The number of nitrogens with zero attached hydrogens (tertiary/aromatic N) is 1. The van der Waals surface area contributed by atoms with E-state index in [1.165, 1.54) is 6.07 Å². The molecule has 0 saturated carbocycles. The Balaban J connectivity index is 1.99. The SMILES string of the molecule is CC(NCc1ccncc1)c1ccccc1F. The molecule has 1 unspecified atom stereocenters. The molecule has 2 nitrogen and oxygen atoms in total. The Kier molecular flexibility index (Phi) is 3.83. The van der Waals surface area contributed by atoms with Gasteiger partial charge in [0, 0.05) is 30.5 Å². The summed E-state index contributed by atoms with van der Waals surface area (Å²) in [5, 5.41) is 3.29. The van der Waals surface area contributed by atoms with E-state index >= 15 is 0 Å². The van der Waals surface area contributed by atoms with Crippen molar-refractivity contribution in [2.24, 2.45) is 0 Å². The Hall–Kier alpha value is -1.74. The highest BCUT2D eigenvalue weighted by atomic mass is 19.1. The lowest BCUT2D eigenvalue weighted by Crippen LogP contribution is -2.19. The largest absolute Gasteiger partial charge is 0.306 e. The van der Waals surface area contributed by atoms with E-state index in [1.807, 2.05) is 25.1 Å². The number of hydrogen-bond acceptors (Lipinski definition) is 2. The quantitative estimate of drug-likeness (QED) is 0.873. The average Bonchev–Trinajstić information content (AvgIpc) is 2.38. The van der Waals surface area contributed by atoms with E-state index < -0.39 is 0 Å². The number of halogens is 1. The monoisotopic (exact) mass is 230 g/mol. The standard InChI is InChI=1S/C14H15FN2/c1-11(13-4-2-3-5-14(13)15)17-10-12-6-8-16-9-7-12/h2-9,11,17H,10H2,1H3. The maximum atomic E-state index is 13.5. The Bertz CT molecular complexity index is 471. The van der Waals surface area contributed by atoms with Gasteiger partial charge >= 0.3 is 0 Å². The van der Waals surface area contributed by atoms with Crippen LogP contribution in [-0.2, 0) is 6.54 Å². The second kappa shape index (κ2) is 5.55. The molecule has 0 amide bonds. The number of nitrogens with one attached hydrogen (secondary N) is 1. The van der Waals surface area contributed by atoms with Crippen LogP contribution in [0.5, 0.6) is 0 Å². The summed E-state index contributed by atoms with van der Waals surface area (Å²) in [6.45, 7) is 2.66. The van der Waals surface area contributed by atoms with Gasteiger partial charge in [-0.2, -0.15) is 0 Å². The summed E-state index contributed by atoms with van der Waals surface area (Å²) >= 11 is 0. The number of hydrogen-bond donors (Lipinski definition) is 1. The molecule has 1 aromatic carbocycles.